The number of aryl methyl sites for hydroxylation is 2. The van der Waals surface area contributed by atoms with Gasteiger partial charge in [0.15, 0.2) is 5.11 Å². The molecule has 0 fully saturated rings. The molecule has 0 aromatic heterocycles. The number of hydrogen-bond acceptors (Lipinski definition) is 4. The van der Waals surface area contributed by atoms with Crippen LogP contribution in [0.15, 0.2) is 36.4 Å². The second-order valence-corrected chi connectivity index (χ2v) is 5.51. The third kappa shape index (κ3) is 4.40. The van der Waals surface area contributed by atoms with Gasteiger partial charge in [0.1, 0.15) is 5.75 Å². The largest absolute Gasteiger partial charge is 0.494 e. The molecule has 0 spiro atoms. The topological polar surface area (TPSA) is 76.4 Å². The highest BCUT2D eigenvalue weighted by molar-refractivity contribution is 7.80. The number of methoxy groups -OCH3 is 1. The number of benzene rings is 2. The maximum atomic E-state index is 10.8. The maximum Gasteiger partial charge on any atom is 0.273 e. The van der Waals surface area contributed by atoms with Gasteiger partial charge < -0.3 is 15.4 Å². The first kappa shape index (κ1) is 16.7. The summed E-state index contributed by atoms with van der Waals surface area (Å²) in [6.45, 7) is 4.02. The molecule has 120 valence electrons. The summed E-state index contributed by atoms with van der Waals surface area (Å²) in [5, 5.41) is 17.3. The molecule has 0 aliphatic carbocycles. The Bertz CT molecular complexity index is 742. The van der Waals surface area contributed by atoms with Gasteiger partial charge in [-0.1, -0.05) is 6.07 Å². The predicted molar refractivity (Wildman–Crippen MR) is 95.4 cm³/mol. The molecule has 0 bridgehead atoms. The van der Waals surface area contributed by atoms with E-state index < -0.39 is 4.92 Å². The number of non-ortho nitro benzene ring substituents is 1. The Morgan fingerprint density at radius 2 is 1.78 bits per heavy atom. The van der Waals surface area contributed by atoms with Crippen molar-refractivity contribution in [3.63, 3.8) is 0 Å². The number of anilines is 2. The Kier molecular flexibility index (Phi) is 5.13. The fraction of sp³-hybridized carbons (Fsp3) is 0.188. The molecule has 23 heavy (non-hydrogen) atoms. The lowest BCUT2D eigenvalue weighted by molar-refractivity contribution is -0.384. The molecule has 6 nitrogen and oxygen atoms in total. The third-order valence-electron chi connectivity index (χ3n) is 3.12. The van der Waals surface area contributed by atoms with Crippen LogP contribution in [0.1, 0.15) is 11.1 Å². The van der Waals surface area contributed by atoms with Crippen LogP contribution in [0.3, 0.4) is 0 Å². The SMILES string of the molecule is COc1cc([N+](=O)[O-])ccc1NC(=S)Nc1cc(C)cc(C)c1. The quantitative estimate of drug-likeness (QED) is 0.500. The summed E-state index contributed by atoms with van der Waals surface area (Å²) in [6.07, 6.45) is 0. The van der Waals surface area contributed by atoms with E-state index in [2.05, 4.69) is 16.7 Å². The van der Waals surface area contributed by atoms with E-state index in [9.17, 15) is 10.1 Å². The van der Waals surface area contributed by atoms with Gasteiger partial charge in [-0.05, 0) is 55.4 Å². The standard InChI is InChI=1S/C16H17N3O3S/c1-10-6-11(2)8-12(7-10)17-16(23)18-14-5-4-13(19(20)21)9-15(14)22-3/h4-9H,1-3H3,(H2,17,18,23). The number of nitro groups is 1. The highest BCUT2D eigenvalue weighted by Gasteiger charge is 2.12. The highest BCUT2D eigenvalue weighted by Crippen LogP contribution is 2.29. The van der Waals surface area contributed by atoms with E-state index >= 15 is 0 Å². The van der Waals surface area contributed by atoms with Gasteiger partial charge in [-0.3, -0.25) is 10.1 Å². The third-order valence-corrected chi connectivity index (χ3v) is 3.33. The number of rotatable bonds is 4. The van der Waals surface area contributed by atoms with E-state index in [1.54, 1.807) is 6.07 Å². The molecule has 0 saturated carbocycles. The van der Waals surface area contributed by atoms with Crippen LogP contribution in [-0.4, -0.2) is 17.1 Å². The van der Waals surface area contributed by atoms with Gasteiger partial charge in [-0.25, -0.2) is 0 Å². The minimum absolute atomic E-state index is 0.0411. The minimum atomic E-state index is -0.474. The summed E-state index contributed by atoms with van der Waals surface area (Å²) in [4.78, 5) is 10.3. The van der Waals surface area contributed by atoms with Crippen molar-refractivity contribution in [1.29, 1.82) is 0 Å². The van der Waals surface area contributed by atoms with E-state index in [4.69, 9.17) is 17.0 Å². The van der Waals surface area contributed by atoms with Crippen molar-refractivity contribution < 1.29 is 9.66 Å². The number of nitrogens with zero attached hydrogens (tertiary/aromatic N) is 1. The number of nitro benzene ring substituents is 1. The molecule has 0 aliphatic heterocycles. The number of hydrogen-bond donors (Lipinski definition) is 2. The fourth-order valence-electron chi connectivity index (χ4n) is 2.23. The molecule has 0 saturated heterocycles. The Balaban J connectivity index is 2.15. The minimum Gasteiger partial charge on any atom is -0.494 e. The first-order chi connectivity index (χ1) is 10.9. The monoisotopic (exact) mass is 331 g/mol. The summed E-state index contributed by atoms with van der Waals surface area (Å²) in [7, 11) is 1.45. The lowest BCUT2D eigenvalue weighted by atomic mass is 10.1. The molecule has 7 heteroatoms. The van der Waals surface area contributed by atoms with Crippen molar-refractivity contribution in [2.45, 2.75) is 13.8 Å². The molecule has 2 aromatic rings. The normalized spacial score (nSPS) is 10.0. The van der Waals surface area contributed by atoms with Crippen LogP contribution in [-0.2, 0) is 0 Å². The van der Waals surface area contributed by atoms with Gasteiger partial charge in [-0.2, -0.15) is 0 Å². The smallest absolute Gasteiger partial charge is 0.273 e. The predicted octanol–water partition coefficient (Wildman–Crippen LogP) is 4.03. The van der Waals surface area contributed by atoms with Crippen LogP contribution >= 0.6 is 12.2 Å². The van der Waals surface area contributed by atoms with Gasteiger partial charge in [0.2, 0.25) is 0 Å². The van der Waals surface area contributed by atoms with Crippen LogP contribution in [0, 0.1) is 24.0 Å². The second-order valence-electron chi connectivity index (χ2n) is 5.10. The van der Waals surface area contributed by atoms with Gasteiger partial charge in [0.25, 0.3) is 5.69 Å². The van der Waals surface area contributed by atoms with E-state index in [1.807, 2.05) is 26.0 Å². The lowest BCUT2D eigenvalue weighted by Gasteiger charge is -2.14. The van der Waals surface area contributed by atoms with Crippen LogP contribution in [0.25, 0.3) is 0 Å². The average molecular weight is 331 g/mol. The summed E-state index contributed by atoms with van der Waals surface area (Å²) in [5.74, 6) is 0.351. The molecule has 0 heterocycles. The first-order valence-electron chi connectivity index (χ1n) is 6.88. The molecule has 0 atom stereocenters. The summed E-state index contributed by atoms with van der Waals surface area (Å²) in [6, 6.07) is 10.3. The van der Waals surface area contributed by atoms with Crippen LogP contribution in [0.4, 0.5) is 17.1 Å². The summed E-state index contributed by atoms with van der Waals surface area (Å²) >= 11 is 5.28. The average Bonchev–Trinajstić information content (AvgIpc) is 2.46. The molecule has 2 rings (SSSR count). The van der Waals surface area contributed by atoms with E-state index in [0.717, 1.165) is 16.8 Å². The van der Waals surface area contributed by atoms with Crippen LogP contribution in [0.5, 0.6) is 5.75 Å². The zero-order valence-corrected chi connectivity index (χ0v) is 13.9. The van der Waals surface area contributed by atoms with E-state index in [1.165, 1.54) is 19.2 Å². The molecular formula is C16H17N3O3S. The van der Waals surface area contributed by atoms with E-state index in [-0.39, 0.29) is 5.69 Å². The molecule has 0 unspecified atom stereocenters. The van der Waals surface area contributed by atoms with Gasteiger partial charge in [0, 0.05) is 11.8 Å². The molecule has 2 N–H and O–H groups in total. The van der Waals surface area contributed by atoms with E-state index in [0.29, 0.717) is 16.5 Å². The van der Waals surface area contributed by atoms with Gasteiger partial charge >= 0.3 is 0 Å². The Labute approximate surface area is 139 Å². The van der Waals surface area contributed by atoms with Crippen molar-refractivity contribution in [3.05, 3.63) is 57.6 Å². The van der Waals surface area contributed by atoms with Crippen LogP contribution in [0.2, 0.25) is 0 Å². The van der Waals surface area contributed by atoms with Crippen LogP contribution < -0.4 is 15.4 Å². The molecule has 0 radical (unpaired) electrons. The fourth-order valence-corrected chi connectivity index (χ4v) is 2.46. The Morgan fingerprint density at radius 1 is 1.13 bits per heavy atom. The molecule has 0 amide bonds. The number of ether oxygens (including phenoxy) is 1. The van der Waals surface area contributed by atoms with Crippen molar-refractivity contribution in [1.82, 2.24) is 0 Å². The van der Waals surface area contributed by atoms with Gasteiger partial charge in [-0.15, -0.1) is 0 Å². The molecule has 0 aliphatic rings. The van der Waals surface area contributed by atoms with Crippen molar-refractivity contribution in [2.24, 2.45) is 0 Å². The Hall–Kier alpha value is -2.67. The maximum absolute atomic E-state index is 10.8. The number of nitrogens with one attached hydrogen (secondary N) is 2. The van der Waals surface area contributed by atoms with Crippen molar-refractivity contribution in [2.75, 3.05) is 17.7 Å². The summed E-state index contributed by atoms with van der Waals surface area (Å²) < 4.78 is 5.17. The second kappa shape index (κ2) is 7.06. The highest BCUT2D eigenvalue weighted by atomic mass is 32.1. The lowest BCUT2D eigenvalue weighted by Crippen LogP contribution is -2.19. The summed E-state index contributed by atoms with van der Waals surface area (Å²) in [5.41, 5.74) is 3.65. The Morgan fingerprint density at radius 3 is 2.35 bits per heavy atom. The van der Waals surface area contributed by atoms with Crippen molar-refractivity contribution in [3.8, 4) is 5.75 Å². The molecular weight excluding hydrogens is 314 g/mol. The van der Waals surface area contributed by atoms with Gasteiger partial charge in [0.05, 0.1) is 23.8 Å². The zero-order valence-electron chi connectivity index (χ0n) is 13.0. The number of thiocarbonyl (C=S) groups is 1. The first-order valence-corrected chi connectivity index (χ1v) is 7.28. The van der Waals surface area contributed by atoms with Crippen molar-refractivity contribution >= 4 is 34.4 Å². The molecule has 2 aromatic carbocycles. The zero-order chi connectivity index (χ0) is 17.0.